The van der Waals surface area contributed by atoms with Crippen LogP contribution < -0.4 is 10.6 Å². The molecule has 4 heteroatoms. The van der Waals surface area contributed by atoms with E-state index in [1.54, 1.807) is 0 Å². The Balaban J connectivity index is 1.77. The van der Waals surface area contributed by atoms with Gasteiger partial charge in [-0.15, -0.1) is 0 Å². The van der Waals surface area contributed by atoms with Crippen molar-refractivity contribution < 1.29 is 9.59 Å². The summed E-state index contributed by atoms with van der Waals surface area (Å²) in [6, 6.07) is 0.368. The third kappa shape index (κ3) is 1.01. The van der Waals surface area contributed by atoms with Crippen LogP contribution in [0.5, 0.6) is 0 Å². The minimum atomic E-state index is -0.230. The highest BCUT2D eigenvalue weighted by atomic mass is 16.2. The maximum absolute atomic E-state index is 11.2. The Kier molecular flexibility index (Phi) is 1.76. The van der Waals surface area contributed by atoms with Crippen LogP contribution in [0.1, 0.15) is 25.7 Å². The molecule has 1 aliphatic heterocycles. The zero-order valence-electron chi connectivity index (χ0n) is 7.95. The molecule has 1 heterocycles. The van der Waals surface area contributed by atoms with Crippen LogP contribution in [0.15, 0.2) is 0 Å². The van der Waals surface area contributed by atoms with Crippen molar-refractivity contribution in [2.45, 2.75) is 49.9 Å². The lowest BCUT2D eigenvalue weighted by molar-refractivity contribution is -0.149. The van der Waals surface area contributed by atoms with Crippen LogP contribution in [0.4, 0.5) is 0 Å². The number of carbonyl (C=O) groups is 2. The monoisotopic (exact) mass is 194 g/mol. The molecule has 4 unspecified atom stereocenters. The quantitative estimate of drug-likeness (QED) is 0.505. The van der Waals surface area contributed by atoms with Gasteiger partial charge in [0.2, 0.25) is 11.6 Å². The van der Waals surface area contributed by atoms with Crippen molar-refractivity contribution in [3.63, 3.8) is 0 Å². The molecule has 76 valence electrons. The van der Waals surface area contributed by atoms with Crippen molar-refractivity contribution in [3.05, 3.63) is 0 Å². The Morgan fingerprint density at radius 2 is 1.29 bits per heavy atom. The SMILES string of the molecule is O=C1C(=O)C2NC3CCCCC3NC12. The van der Waals surface area contributed by atoms with Gasteiger partial charge in [-0.05, 0) is 12.8 Å². The molecule has 0 radical (unpaired) electrons. The van der Waals surface area contributed by atoms with Gasteiger partial charge in [-0.25, -0.2) is 0 Å². The van der Waals surface area contributed by atoms with E-state index in [2.05, 4.69) is 10.6 Å². The highest BCUT2D eigenvalue weighted by Gasteiger charge is 2.54. The first-order valence-corrected chi connectivity index (χ1v) is 5.37. The molecule has 3 rings (SSSR count). The number of fused-ring (bicyclic) bond motifs is 2. The van der Waals surface area contributed by atoms with Crippen molar-refractivity contribution in [2.75, 3.05) is 0 Å². The number of rotatable bonds is 0. The largest absolute Gasteiger partial charge is 0.301 e. The molecule has 3 aliphatic rings. The predicted octanol–water partition coefficient (Wildman–Crippen LogP) is -0.621. The van der Waals surface area contributed by atoms with E-state index >= 15 is 0 Å². The summed E-state index contributed by atoms with van der Waals surface area (Å²) in [5.41, 5.74) is 0. The summed E-state index contributed by atoms with van der Waals surface area (Å²) in [5, 5.41) is 6.60. The zero-order valence-corrected chi connectivity index (χ0v) is 7.95. The molecule has 0 aromatic heterocycles. The molecule has 3 fully saturated rings. The van der Waals surface area contributed by atoms with Crippen molar-refractivity contribution in [2.24, 2.45) is 0 Å². The van der Waals surface area contributed by atoms with Gasteiger partial charge in [-0.3, -0.25) is 9.59 Å². The van der Waals surface area contributed by atoms with Gasteiger partial charge in [-0.2, -0.15) is 0 Å². The second kappa shape index (κ2) is 2.87. The highest BCUT2D eigenvalue weighted by Crippen LogP contribution is 2.27. The topological polar surface area (TPSA) is 58.2 Å². The molecule has 4 nitrogen and oxygen atoms in total. The van der Waals surface area contributed by atoms with Gasteiger partial charge in [0.1, 0.15) is 0 Å². The summed E-state index contributed by atoms with van der Waals surface area (Å²) in [5.74, 6) is -0.460. The number of ketones is 2. The Morgan fingerprint density at radius 3 is 1.71 bits per heavy atom. The van der Waals surface area contributed by atoms with Crippen LogP contribution in [0.3, 0.4) is 0 Å². The van der Waals surface area contributed by atoms with Crippen molar-refractivity contribution >= 4 is 11.6 Å². The van der Waals surface area contributed by atoms with Gasteiger partial charge in [-0.1, -0.05) is 12.8 Å². The number of Topliss-reactive ketones (excluding diaryl/α,β-unsaturated/α-hetero) is 2. The van der Waals surface area contributed by atoms with E-state index in [1.165, 1.54) is 12.8 Å². The van der Waals surface area contributed by atoms with Crippen LogP contribution >= 0.6 is 0 Å². The molecule has 2 aliphatic carbocycles. The van der Waals surface area contributed by atoms with E-state index in [0.29, 0.717) is 12.1 Å². The summed E-state index contributed by atoms with van der Waals surface area (Å²) >= 11 is 0. The molecule has 1 saturated heterocycles. The average Bonchev–Trinajstić information content (AvgIpc) is 2.26. The Hall–Kier alpha value is -0.740. The van der Waals surface area contributed by atoms with Gasteiger partial charge in [0.05, 0.1) is 12.1 Å². The second-order valence-corrected chi connectivity index (χ2v) is 4.51. The van der Waals surface area contributed by atoms with Gasteiger partial charge < -0.3 is 10.6 Å². The maximum Gasteiger partial charge on any atom is 0.219 e. The van der Waals surface area contributed by atoms with Crippen LogP contribution in [-0.2, 0) is 9.59 Å². The summed E-state index contributed by atoms with van der Waals surface area (Å²) < 4.78 is 0. The lowest BCUT2D eigenvalue weighted by atomic mass is 9.76. The van der Waals surface area contributed by atoms with Gasteiger partial charge in [0.25, 0.3) is 0 Å². The summed E-state index contributed by atoms with van der Waals surface area (Å²) in [4.78, 5) is 22.4. The Labute approximate surface area is 82.4 Å². The Bertz CT molecular complexity index is 272. The van der Waals surface area contributed by atoms with Crippen LogP contribution in [0.25, 0.3) is 0 Å². The lowest BCUT2D eigenvalue weighted by Gasteiger charge is -2.48. The lowest BCUT2D eigenvalue weighted by Crippen LogP contribution is -2.78. The minimum Gasteiger partial charge on any atom is -0.301 e. The standard InChI is InChI=1S/C10H14N2O2/c13-9-7-8(10(9)14)12-6-4-2-1-3-5(6)11-7/h5-8,11-12H,1-4H2. The van der Waals surface area contributed by atoms with E-state index in [9.17, 15) is 9.59 Å². The second-order valence-electron chi connectivity index (χ2n) is 4.51. The average molecular weight is 194 g/mol. The fraction of sp³-hybridized carbons (Fsp3) is 0.800. The molecule has 0 aromatic rings. The number of piperazine rings is 1. The van der Waals surface area contributed by atoms with Gasteiger partial charge in [0, 0.05) is 12.1 Å². The molecule has 4 atom stereocenters. The third-order valence-corrected chi connectivity index (χ3v) is 3.69. The maximum atomic E-state index is 11.2. The third-order valence-electron chi connectivity index (χ3n) is 3.69. The van der Waals surface area contributed by atoms with E-state index in [4.69, 9.17) is 0 Å². The molecular formula is C10H14N2O2. The van der Waals surface area contributed by atoms with Crippen molar-refractivity contribution in [1.29, 1.82) is 0 Å². The molecule has 0 spiro atoms. The predicted molar refractivity (Wildman–Crippen MR) is 49.9 cm³/mol. The molecule has 0 aromatic carbocycles. The molecule has 2 N–H and O–H groups in total. The summed E-state index contributed by atoms with van der Waals surface area (Å²) in [6.45, 7) is 0. The zero-order chi connectivity index (χ0) is 9.71. The first-order chi connectivity index (χ1) is 6.77. The normalized spacial score (nSPS) is 46.6. The fourth-order valence-corrected chi connectivity index (χ4v) is 2.85. The molecule has 2 saturated carbocycles. The number of hydrogen-bond donors (Lipinski definition) is 2. The molecule has 0 bridgehead atoms. The molecule has 14 heavy (non-hydrogen) atoms. The number of hydrogen-bond acceptors (Lipinski definition) is 4. The minimum absolute atomic E-state index is 0.221. The fourth-order valence-electron chi connectivity index (χ4n) is 2.85. The van der Waals surface area contributed by atoms with Gasteiger partial charge in [0.15, 0.2) is 0 Å². The molecule has 0 amide bonds. The van der Waals surface area contributed by atoms with E-state index < -0.39 is 0 Å². The van der Waals surface area contributed by atoms with Crippen LogP contribution in [0, 0.1) is 0 Å². The Morgan fingerprint density at radius 1 is 0.857 bits per heavy atom. The summed E-state index contributed by atoms with van der Waals surface area (Å²) in [6.07, 6.45) is 4.72. The van der Waals surface area contributed by atoms with Crippen LogP contribution in [0.2, 0.25) is 0 Å². The number of nitrogens with one attached hydrogen (secondary N) is 2. The highest BCUT2D eigenvalue weighted by molar-refractivity contribution is 6.49. The van der Waals surface area contributed by atoms with E-state index in [1.807, 2.05) is 0 Å². The van der Waals surface area contributed by atoms with Crippen LogP contribution in [-0.4, -0.2) is 35.7 Å². The smallest absolute Gasteiger partial charge is 0.219 e. The van der Waals surface area contributed by atoms with E-state index in [-0.39, 0.29) is 23.7 Å². The number of carbonyl (C=O) groups excluding carboxylic acids is 2. The van der Waals surface area contributed by atoms with Crippen molar-refractivity contribution in [3.8, 4) is 0 Å². The first kappa shape index (κ1) is 8.56. The van der Waals surface area contributed by atoms with Crippen molar-refractivity contribution in [1.82, 2.24) is 10.6 Å². The summed E-state index contributed by atoms with van der Waals surface area (Å²) in [7, 11) is 0. The van der Waals surface area contributed by atoms with E-state index in [0.717, 1.165) is 12.8 Å². The first-order valence-electron chi connectivity index (χ1n) is 5.37. The molecular weight excluding hydrogens is 180 g/mol. The van der Waals surface area contributed by atoms with Gasteiger partial charge >= 0.3 is 0 Å².